The van der Waals surface area contributed by atoms with Crippen LogP contribution in [0.5, 0.6) is 0 Å². The number of rotatable bonds is 4. The molecule has 1 aromatic heterocycles. The van der Waals surface area contributed by atoms with Crippen LogP contribution in [-0.4, -0.2) is 49.8 Å². The predicted molar refractivity (Wildman–Crippen MR) is 109 cm³/mol. The summed E-state index contributed by atoms with van der Waals surface area (Å²) in [6.45, 7) is 4.74. The smallest absolute Gasteiger partial charge is 0.322 e. The zero-order chi connectivity index (χ0) is 20.2. The molecule has 8 nitrogen and oxygen atoms in total. The lowest BCUT2D eigenvalue weighted by atomic mass is 10.2. The molecule has 0 spiro atoms. The minimum absolute atomic E-state index is 0.113. The SMILES string of the molecule is CCc1ccc(C2COCCN2C(=O)Nc2cccc(N3CCCNC3=O)c2)o1. The number of hydrogen-bond donors (Lipinski definition) is 2. The van der Waals surface area contributed by atoms with Crippen LogP contribution in [0.25, 0.3) is 0 Å². The van der Waals surface area contributed by atoms with Crippen LogP contribution in [0, 0.1) is 0 Å². The molecule has 1 aromatic carbocycles. The summed E-state index contributed by atoms with van der Waals surface area (Å²) < 4.78 is 11.4. The van der Waals surface area contributed by atoms with E-state index in [0.29, 0.717) is 38.5 Å². The summed E-state index contributed by atoms with van der Waals surface area (Å²) in [5, 5.41) is 5.80. The number of furan rings is 1. The number of amides is 4. The Hall–Kier alpha value is -3.00. The number of aryl methyl sites for hydroxylation is 1. The highest BCUT2D eigenvalue weighted by Gasteiger charge is 2.31. The standard InChI is InChI=1S/C21H26N4O4/c1-2-17-7-8-19(29-17)18-14-28-12-11-25(18)21(27)23-15-5-3-6-16(13-15)24-10-4-9-22-20(24)26/h3,5-8,13,18H,2,4,9-12,14H2,1H3,(H,22,26)(H,23,27). The van der Waals surface area contributed by atoms with Crippen molar-refractivity contribution in [1.82, 2.24) is 10.2 Å². The normalized spacial score (nSPS) is 19.8. The molecule has 1 atom stereocenters. The van der Waals surface area contributed by atoms with E-state index in [2.05, 4.69) is 10.6 Å². The largest absolute Gasteiger partial charge is 0.464 e. The second kappa shape index (κ2) is 8.57. The number of benzene rings is 1. The summed E-state index contributed by atoms with van der Waals surface area (Å²) in [5.41, 5.74) is 1.40. The van der Waals surface area contributed by atoms with Crippen LogP contribution in [0.2, 0.25) is 0 Å². The van der Waals surface area contributed by atoms with Gasteiger partial charge in [-0.25, -0.2) is 9.59 Å². The van der Waals surface area contributed by atoms with E-state index in [4.69, 9.17) is 9.15 Å². The molecule has 29 heavy (non-hydrogen) atoms. The quantitative estimate of drug-likeness (QED) is 0.827. The topological polar surface area (TPSA) is 87.0 Å². The van der Waals surface area contributed by atoms with Crippen molar-refractivity contribution in [2.24, 2.45) is 0 Å². The molecular weight excluding hydrogens is 372 g/mol. The third-order valence-electron chi connectivity index (χ3n) is 5.24. The predicted octanol–water partition coefficient (Wildman–Crippen LogP) is 3.37. The van der Waals surface area contributed by atoms with Crippen molar-refractivity contribution in [2.45, 2.75) is 25.8 Å². The molecular formula is C21H26N4O4. The lowest BCUT2D eigenvalue weighted by molar-refractivity contribution is 0.00702. The van der Waals surface area contributed by atoms with Crippen molar-refractivity contribution < 1.29 is 18.7 Å². The van der Waals surface area contributed by atoms with Crippen LogP contribution in [0.1, 0.15) is 30.9 Å². The number of morpholine rings is 1. The fourth-order valence-corrected chi connectivity index (χ4v) is 3.67. The summed E-state index contributed by atoms with van der Waals surface area (Å²) in [6.07, 6.45) is 1.69. The maximum absolute atomic E-state index is 13.0. The van der Waals surface area contributed by atoms with E-state index in [9.17, 15) is 9.59 Å². The Labute approximate surface area is 169 Å². The molecule has 2 aliphatic heterocycles. The van der Waals surface area contributed by atoms with E-state index in [1.54, 1.807) is 9.80 Å². The number of carbonyl (C=O) groups is 2. The van der Waals surface area contributed by atoms with E-state index >= 15 is 0 Å². The van der Waals surface area contributed by atoms with Crippen molar-refractivity contribution >= 4 is 23.4 Å². The van der Waals surface area contributed by atoms with Crippen LogP contribution >= 0.6 is 0 Å². The Morgan fingerprint density at radius 1 is 1.28 bits per heavy atom. The first-order valence-corrected chi connectivity index (χ1v) is 10.0. The van der Waals surface area contributed by atoms with Gasteiger partial charge in [-0.1, -0.05) is 13.0 Å². The van der Waals surface area contributed by atoms with Crippen LogP contribution in [0.15, 0.2) is 40.8 Å². The monoisotopic (exact) mass is 398 g/mol. The average Bonchev–Trinajstić information content (AvgIpc) is 3.23. The third kappa shape index (κ3) is 4.22. The van der Waals surface area contributed by atoms with Crippen LogP contribution in [-0.2, 0) is 11.2 Å². The molecule has 154 valence electrons. The van der Waals surface area contributed by atoms with Gasteiger partial charge in [0.1, 0.15) is 17.6 Å². The number of ether oxygens (including phenoxy) is 1. The second-order valence-electron chi connectivity index (χ2n) is 7.16. The third-order valence-corrected chi connectivity index (χ3v) is 5.24. The molecule has 2 fully saturated rings. The van der Waals surface area contributed by atoms with Crippen molar-refractivity contribution in [2.75, 3.05) is 43.1 Å². The van der Waals surface area contributed by atoms with E-state index < -0.39 is 0 Å². The number of anilines is 2. The summed E-state index contributed by atoms with van der Waals surface area (Å²) >= 11 is 0. The van der Waals surface area contributed by atoms with Crippen molar-refractivity contribution in [3.63, 3.8) is 0 Å². The molecule has 2 aliphatic rings. The van der Waals surface area contributed by atoms with Gasteiger partial charge >= 0.3 is 12.1 Å². The van der Waals surface area contributed by atoms with Crippen molar-refractivity contribution in [3.8, 4) is 0 Å². The molecule has 2 saturated heterocycles. The maximum atomic E-state index is 13.0. The second-order valence-corrected chi connectivity index (χ2v) is 7.16. The average molecular weight is 398 g/mol. The number of nitrogens with zero attached hydrogens (tertiary/aromatic N) is 2. The van der Waals surface area contributed by atoms with Gasteiger partial charge in [0.05, 0.1) is 13.2 Å². The maximum Gasteiger partial charge on any atom is 0.322 e. The van der Waals surface area contributed by atoms with Gasteiger partial charge < -0.3 is 24.7 Å². The Morgan fingerprint density at radius 3 is 2.97 bits per heavy atom. The Morgan fingerprint density at radius 2 is 2.17 bits per heavy atom. The van der Waals surface area contributed by atoms with Gasteiger partial charge in [-0.2, -0.15) is 0 Å². The Kier molecular flexibility index (Phi) is 5.71. The molecule has 0 bridgehead atoms. The summed E-state index contributed by atoms with van der Waals surface area (Å²) in [5.74, 6) is 1.62. The summed E-state index contributed by atoms with van der Waals surface area (Å²) in [6, 6.07) is 10.6. The zero-order valence-electron chi connectivity index (χ0n) is 16.5. The van der Waals surface area contributed by atoms with E-state index in [0.717, 1.165) is 30.0 Å². The van der Waals surface area contributed by atoms with Crippen LogP contribution < -0.4 is 15.5 Å². The Bertz CT molecular complexity index is 881. The number of carbonyl (C=O) groups excluding carboxylic acids is 2. The highest BCUT2D eigenvalue weighted by atomic mass is 16.5. The van der Waals surface area contributed by atoms with Crippen LogP contribution in [0.3, 0.4) is 0 Å². The fourth-order valence-electron chi connectivity index (χ4n) is 3.67. The van der Waals surface area contributed by atoms with Gasteiger partial charge in [-0.3, -0.25) is 4.90 Å². The molecule has 2 N–H and O–H groups in total. The number of urea groups is 2. The zero-order valence-corrected chi connectivity index (χ0v) is 16.5. The first-order chi connectivity index (χ1) is 14.2. The van der Waals surface area contributed by atoms with Gasteiger partial charge in [0.15, 0.2) is 0 Å². The fraction of sp³-hybridized carbons (Fsp3) is 0.429. The van der Waals surface area contributed by atoms with E-state index in [1.807, 2.05) is 43.3 Å². The molecule has 0 saturated carbocycles. The molecule has 0 radical (unpaired) electrons. The van der Waals surface area contributed by atoms with Gasteiger partial charge in [0.25, 0.3) is 0 Å². The number of hydrogen-bond acceptors (Lipinski definition) is 4. The van der Waals surface area contributed by atoms with E-state index in [1.165, 1.54) is 0 Å². The summed E-state index contributed by atoms with van der Waals surface area (Å²) in [7, 11) is 0. The first kappa shape index (κ1) is 19.3. The van der Waals surface area contributed by atoms with Gasteiger partial charge in [0.2, 0.25) is 0 Å². The lowest BCUT2D eigenvalue weighted by Gasteiger charge is -2.34. The lowest BCUT2D eigenvalue weighted by Crippen LogP contribution is -2.46. The molecule has 0 aliphatic carbocycles. The molecule has 4 rings (SSSR count). The van der Waals surface area contributed by atoms with Crippen molar-refractivity contribution in [3.05, 3.63) is 47.9 Å². The molecule has 3 heterocycles. The molecule has 4 amide bonds. The number of nitrogens with one attached hydrogen (secondary N) is 2. The highest BCUT2D eigenvalue weighted by Crippen LogP contribution is 2.28. The molecule has 1 unspecified atom stereocenters. The highest BCUT2D eigenvalue weighted by molar-refractivity contribution is 5.95. The Balaban J connectivity index is 1.49. The van der Waals surface area contributed by atoms with E-state index in [-0.39, 0.29) is 18.1 Å². The minimum Gasteiger partial charge on any atom is -0.464 e. The van der Waals surface area contributed by atoms with Crippen molar-refractivity contribution in [1.29, 1.82) is 0 Å². The molecule has 2 aromatic rings. The molecule has 8 heteroatoms. The van der Waals surface area contributed by atoms with Gasteiger partial charge in [0, 0.05) is 37.4 Å². The van der Waals surface area contributed by atoms with Crippen LogP contribution in [0.4, 0.5) is 21.0 Å². The van der Waals surface area contributed by atoms with Gasteiger partial charge in [-0.15, -0.1) is 0 Å². The summed E-state index contributed by atoms with van der Waals surface area (Å²) in [4.78, 5) is 28.5. The first-order valence-electron chi connectivity index (χ1n) is 10.0. The minimum atomic E-state index is -0.264. The van der Waals surface area contributed by atoms with Gasteiger partial charge in [-0.05, 0) is 36.8 Å².